The minimum Gasteiger partial charge on any atom is -0.394 e. The molecule has 1 aliphatic rings. The van der Waals surface area contributed by atoms with Crippen LogP contribution in [-0.2, 0) is 9.47 Å². The van der Waals surface area contributed by atoms with Gasteiger partial charge in [-0.1, -0.05) is 38.3 Å². The molecule has 23 heavy (non-hydrogen) atoms. The molecule has 0 bridgehead atoms. The van der Waals surface area contributed by atoms with Crippen LogP contribution in [0.25, 0.3) is 0 Å². The van der Waals surface area contributed by atoms with Gasteiger partial charge in [-0.15, -0.1) is 0 Å². The van der Waals surface area contributed by atoms with Crippen molar-refractivity contribution in [2.45, 2.75) is 82.7 Å². The Hall–Kier alpha value is -0.460. The first-order chi connectivity index (χ1) is 11.2. The Bertz CT molecular complexity index is 306. The minimum atomic E-state index is -0.994. The molecule has 0 aromatic carbocycles. The van der Waals surface area contributed by atoms with Gasteiger partial charge in [-0.3, -0.25) is 0 Å². The van der Waals surface area contributed by atoms with E-state index >= 15 is 0 Å². The lowest BCUT2D eigenvalue weighted by Crippen LogP contribution is -2.55. The van der Waals surface area contributed by atoms with E-state index in [9.17, 15) is 15.3 Å². The Morgan fingerprint density at radius 2 is 1.74 bits per heavy atom. The molecule has 136 valence electrons. The van der Waals surface area contributed by atoms with Gasteiger partial charge in [-0.05, 0) is 32.1 Å². The van der Waals surface area contributed by atoms with Crippen LogP contribution in [0.3, 0.4) is 0 Å². The number of aliphatic hydroxyl groups is 3. The Morgan fingerprint density at radius 1 is 1.04 bits per heavy atom. The molecule has 0 saturated carbocycles. The van der Waals surface area contributed by atoms with Crippen LogP contribution < -0.4 is 0 Å². The van der Waals surface area contributed by atoms with Crippen molar-refractivity contribution in [1.29, 1.82) is 0 Å². The Balaban J connectivity index is 2.05. The Labute approximate surface area is 140 Å². The number of aliphatic hydroxyl groups excluding tert-OH is 3. The van der Waals surface area contributed by atoms with E-state index in [1.807, 2.05) is 0 Å². The second-order valence-corrected chi connectivity index (χ2v) is 6.26. The van der Waals surface area contributed by atoms with Gasteiger partial charge in [0, 0.05) is 6.61 Å². The van der Waals surface area contributed by atoms with E-state index in [1.54, 1.807) is 0 Å². The summed E-state index contributed by atoms with van der Waals surface area (Å²) in [6.45, 7) is 2.55. The molecule has 0 amide bonds. The molecule has 0 aromatic heterocycles. The molecule has 5 heteroatoms. The van der Waals surface area contributed by atoms with Crippen molar-refractivity contribution in [2.24, 2.45) is 0 Å². The normalized spacial score (nSPS) is 28.5. The number of hydrogen-bond donors (Lipinski definition) is 3. The Morgan fingerprint density at radius 3 is 2.39 bits per heavy atom. The summed E-state index contributed by atoms with van der Waals surface area (Å²) in [6, 6.07) is 0. The van der Waals surface area contributed by atoms with Crippen LogP contribution in [-0.4, -0.2) is 59.6 Å². The summed E-state index contributed by atoms with van der Waals surface area (Å²) in [5.41, 5.74) is 0. The summed E-state index contributed by atoms with van der Waals surface area (Å²) in [5.74, 6) is 0. The zero-order valence-electron chi connectivity index (χ0n) is 14.4. The lowest BCUT2D eigenvalue weighted by atomic mass is 10.0. The standard InChI is InChI=1S/C18H34O5/c1-2-3-4-5-6-7-8-9-10-11-12-22-18-16(13-19)23-14-15(20)17(18)21/h6-7,15-21H,2-5,8-14H2,1H3/b7-6+/t15-,16+,17+,18+/m0/s1. The molecular formula is C18H34O5. The number of unbranched alkanes of at least 4 members (excludes halogenated alkanes) is 6. The highest BCUT2D eigenvalue weighted by atomic mass is 16.6. The van der Waals surface area contributed by atoms with Crippen molar-refractivity contribution >= 4 is 0 Å². The van der Waals surface area contributed by atoms with E-state index in [0.29, 0.717) is 6.61 Å². The molecule has 3 N–H and O–H groups in total. The van der Waals surface area contributed by atoms with Gasteiger partial charge in [0.05, 0.1) is 13.2 Å². The maximum atomic E-state index is 9.93. The number of allylic oxidation sites excluding steroid dienone is 2. The van der Waals surface area contributed by atoms with Crippen molar-refractivity contribution in [1.82, 2.24) is 0 Å². The molecule has 5 nitrogen and oxygen atoms in total. The van der Waals surface area contributed by atoms with Gasteiger partial charge in [0.1, 0.15) is 24.4 Å². The summed E-state index contributed by atoms with van der Waals surface area (Å²) in [6.07, 6.45) is 10.6. The maximum absolute atomic E-state index is 9.93. The highest BCUT2D eigenvalue weighted by Crippen LogP contribution is 2.19. The number of ether oxygens (including phenoxy) is 2. The molecule has 0 spiro atoms. The second-order valence-electron chi connectivity index (χ2n) is 6.26. The van der Waals surface area contributed by atoms with Crippen LogP contribution in [0.4, 0.5) is 0 Å². The lowest BCUT2D eigenvalue weighted by Gasteiger charge is -2.37. The molecule has 1 rings (SSSR count). The zero-order chi connectivity index (χ0) is 16.9. The van der Waals surface area contributed by atoms with Crippen molar-refractivity contribution in [3.63, 3.8) is 0 Å². The predicted molar refractivity (Wildman–Crippen MR) is 90.3 cm³/mol. The van der Waals surface area contributed by atoms with Crippen LogP contribution in [0.1, 0.15) is 58.3 Å². The van der Waals surface area contributed by atoms with Crippen LogP contribution in [0.15, 0.2) is 12.2 Å². The topological polar surface area (TPSA) is 79.2 Å². The van der Waals surface area contributed by atoms with Gasteiger partial charge in [-0.2, -0.15) is 0 Å². The maximum Gasteiger partial charge on any atom is 0.114 e. The second kappa shape index (κ2) is 12.9. The van der Waals surface area contributed by atoms with Crippen LogP contribution >= 0.6 is 0 Å². The van der Waals surface area contributed by atoms with E-state index in [0.717, 1.165) is 25.7 Å². The van der Waals surface area contributed by atoms with Crippen molar-refractivity contribution < 1.29 is 24.8 Å². The van der Waals surface area contributed by atoms with Crippen molar-refractivity contribution in [2.75, 3.05) is 19.8 Å². The van der Waals surface area contributed by atoms with E-state index in [-0.39, 0.29) is 13.2 Å². The fourth-order valence-corrected chi connectivity index (χ4v) is 2.73. The third-order valence-corrected chi connectivity index (χ3v) is 4.22. The summed E-state index contributed by atoms with van der Waals surface area (Å²) in [4.78, 5) is 0. The first-order valence-corrected chi connectivity index (χ1v) is 9.05. The molecule has 0 unspecified atom stereocenters. The molecule has 0 aliphatic carbocycles. The van der Waals surface area contributed by atoms with Crippen LogP contribution in [0.2, 0.25) is 0 Å². The summed E-state index contributed by atoms with van der Waals surface area (Å²) < 4.78 is 10.9. The third-order valence-electron chi connectivity index (χ3n) is 4.22. The quantitative estimate of drug-likeness (QED) is 0.377. The van der Waals surface area contributed by atoms with Crippen LogP contribution in [0, 0.1) is 0 Å². The smallest absolute Gasteiger partial charge is 0.114 e. The van der Waals surface area contributed by atoms with E-state index in [2.05, 4.69) is 19.1 Å². The molecule has 1 saturated heterocycles. The van der Waals surface area contributed by atoms with E-state index < -0.39 is 24.4 Å². The van der Waals surface area contributed by atoms with E-state index in [1.165, 1.54) is 25.7 Å². The highest BCUT2D eigenvalue weighted by molar-refractivity contribution is 4.87. The third kappa shape index (κ3) is 8.27. The molecular weight excluding hydrogens is 296 g/mol. The molecule has 0 aromatic rings. The summed E-state index contributed by atoms with van der Waals surface area (Å²) in [7, 11) is 0. The fraction of sp³-hybridized carbons (Fsp3) is 0.889. The summed E-state index contributed by atoms with van der Waals surface area (Å²) >= 11 is 0. The van der Waals surface area contributed by atoms with Gasteiger partial charge in [-0.25, -0.2) is 0 Å². The number of rotatable bonds is 12. The van der Waals surface area contributed by atoms with Crippen molar-refractivity contribution in [3.05, 3.63) is 12.2 Å². The van der Waals surface area contributed by atoms with Gasteiger partial charge in [0.15, 0.2) is 0 Å². The zero-order valence-corrected chi connectivity index (χ0v) is 14.4. The average Bonchev–Trinajstić information content (AvgIpc) is 2.56. The predicted octanol–water partition coefficient (Wildman–Crippen LogP) is 2.18. The molecule has 1 aliphatic heterocycles. The van der Waals surface area contributed by atoms with Gasteiger partial charge < -0.3 is 24.8 Å². The molecule has 1 fully saturated rings. The van der Waals surface area contributed by atoms with Crippen LogP contribution in [0.5, 0.6) is 0 Å². The molecule has 4 atom stereocenters. The molecule has 0 radical (unpaired) electrons. The first-order valence-electron chi connectivity index (χ1n) is 9.05. The monoisotopic (exact) mass is 330 g/mol. The largest absolute Gasteiger partial charge is 0.394 e. The average molecular weight is 330 g/mol. The van der Waals surface area contributed by atoms with Gasteiger partial charge in [0.2, 0.25) is 0 Å². The fourth-order valence-electron chi connectivity index (χ4n) is 2.73. The summed E-state index contributed by atoms with van der Waals surface area (Å²) in [5, 5.41) is 28.8. The SMILES string of the molecule is CCCCC/C=C/CCCCCO[C@H]1[C@H](O)[C@@H](O)CO[C@@H]1CO. The lowest BCUT2D eigenvalue weighted by molar-refractivity contribution is -0.211. The van der Waals surface area contributed by atoms with E-state index in [4.69, 9.17) is 9.47 Å². The minimum absolute atomic E-state index is 0.0385. The van der Waals surface area contributed by atoms with Gasteiger partial charge in [0.25, 0.3) is 0 Å². The molecule has 1 heterocycles. The number of hydrogen-bond acceptors (Lipinski definition) is 5. The highest BCUT2D eigenvalue weighted by Gasteiger charge is 2.39. The Kier molecular flexibility index (Phi) is 11.5. The van der Waals surface area contributed by atoms with Gasteiger partial charge >= 0.3 is 0 Å². The first kappa shape index (κ1) is 20.6. The van der Waals surface area contributed by atoms with Crippen molar-refractivity contribution in [3.8, 4) is 0 Å².